The van der Waals surface area contributed by atoms with E-state index in [1.165, 1.54) is 24.3 Å². The Hall–Kier alpha value is -1.45. The molecule has 1 unspecified atom stereocenters. The molecule has 3 rings (SSSR count). The number of aromatic nitrogens is 2. The van der Waals surface area contributed by atoms with Crippen molar-refractivity contribution in [2.45, 2.75) is 18.0 Å². The molecule has 1 N–H and O–H groups in total. The summed E-state index contributed by atoms with van der Waals surface area (Å²) in [7, 11) is 0. The maximum atomic E-state index is 13.4. The summed E-state index contributed by atoms with van der Waals surface area (Å²) in [4.78, 5) is 0.0522. The van der Waals surface area contributed by atoms with Gasteiger partial charge in [0, 0.05) is 16.0 Å². The van der Waals surface area contributed by atoms with Gasteiger partial charge >= 0.3 is 35.7 Å². The Morgan fingerprint density at radius 1 is 1.08 bits per heavy atom. The molecule has 1 atom stereocenters. The van der Waals surface area contributed by atoms with Crippen LogP contribution in [-0.2, 0) is 17.3 Å². The minimum Gasteiger partial charge on any atom is -0.768 e. The summed E-state index contributed by atoms with van der Waals surface area (Å²) in [5, 5.41) is 5.90. The molecule has 3 aromatic rings. The number of nitrogens with one attached hydrogen (secondary N) is 1. The molecule has 0 saturated heterocycles. The third-order valence-corrected chi connectivity index (χ3v) is 4.33. The van der Waals surface area contributed by atoms with Crippen LogP contribution in [0.2, 0.25) is 0 Å². The molecule has 0 spiro atoms. The third-order valence-electron chi connectivity index (χ3n) is 3.68. The van der Waals surface area contributed by atoms with Crippen LogP contribution in [0.25, 0.3) is 22.4 Å². The van der Waals surface area contributed by atoms with Gasteiger partial charge in [-0.3, -0.25) is 9.31 Å². The first-order chi connectivity index (χ1) is 11.8. The number of halogens is 3. The van der Waals surface area contributed by atoms with E-state index in [-0.39, 0.29) is 45.7 Å². The summed E-state index contributed by atoms with van der Waals surface area (Å²) in [5.74, 6) is 0. The molecular formula is C17H12F3N2NaO2S. The Morgan fingerprint density at radius 3 is 2.27 bits per heavy atom. The van der Waals surface area contributed by atoms with Gasteiger partial charge in [-0.25, -0.2) is 0 Å². The second-order valence-corrected chi connectivity index (χ2v) is 6.39. The van der Waals surface area contributed by atoms with E-state index in [1.807, 2.05) is 0 Å². The molecule has 0 fully saturated rings. The summed E-state index contributed by atoms with van der Waals surface area (Å²) in [6.07, 6.45) is -4.62. The van der Waals surface area contributed by atoms with Gasteiger partial charge in [0.15, 0.2) is 5.69 Å². The van der Waals surface area contributed by atoms with Crippen molar-refractivity contribution in [2.75, 3.05) is 0 Å². The fourth-order valence-electron chi connectivity index (χ4n) is 2.57. The van der Waals surface area contributed by atoms with Gasteiger partial charge in [-0.2, -0.15) is 18.3 Å². The number of aromatic amines is 1. The predicted molar refractivity (Wildman–Crippen MR) is 86.4 cm³/mol. The van der Waals surface area contributed by atoms with Gasteiger partial charge in [-0.15, -0.1) is 0 Å². The van der Waals surface area contributed by atoms with Crippen molar-refractivity contribution in [1.82, 2.24) is 10.2 Å². The van der Waals surface area contributed by atoms with E-state index in [0.717, 1.165) is 5.56 Å². The molecule has 0 amide bonds. The number of hydrogen-bond acceptors (Lipinski definition) is 3. The Kier molecular flexibility index (Phi) is 6.46. The number of aryl methyl sites for hydroxylation is 1. The van der Waals surface area contributed by atoms with E-state index < -0.39 is 23.0 Å². The van der Waals surface area contributed by atoms with Gasteiger partial charge in [0.1, 0.15) is 0 Å². The van der Waals surface area contributed by atoms with Crippen LogP contribution in [0.4, 0.5) is 13.2 Å². The van der Waals surface area contributed by atoms with E-state index >= 15 is 0 Å². The predicted octanol–water partition coefficient (Wildman–Crippen LogP) is 1.31. The third kappa shape index (κ3) is 4.27. The summed E-state index contributed by atoms with van der Waals surface area (Å²) in [6.45, 7) is 1.79. The second-order valence-electron chi connectivity index (χ2n) is 5.45. The molecule has 26 heavy (non-hydrogen) atoms. The van der Waals surface area contributed by atoms with Crippen molar-refractivity contribution in [3.05, 3.63) is 59.8 Å². The van der Waals surface area contributed by atoms with Crippen LogP contribution in [-0.4, -0.2) is 19.0 Å². The van der Waals surface area contributed by atoms with Crippen LogP contribution in [0.15, 0.2) is 53.4 Å². The molecule has 1 heterocycles. The van der Waals surface area contributed by atoms with E-state index in [2.05, 4.69) is 10.2 Å². The summed E-state index contributed by atoms with van der Waals surface area (Å²) >= 11 is -2.40. The van der Waals surface area contributed by atoms with Gasteiger partial charge in [0.05, 0.1) is 5.69 Å². The molecule has 9 heteroatoms. The van der Waals surface area contributed by atoms with E-state index in [4.69, 9.17) is 0 Å². The van der Waals surface area contributed by atoms with Crippen molar-refractivity contribution in [3.8, 4) is 22.4 Å². The minimum absolute atomic E-state index is 0. The monoisotopic (exact) mass is 388 g/mol. The van der Waals surface area contributed by atoms with E-state index in [1.54, 1.807) is 31.2 Å². The standard InChI is InChI=1S/C17H13F3N2O2S.Na/c1-10-3-2-4-12(9-10)14-15(21-22-16(14)17(18,19)20)11-5-7-13(8-6-11)25(23)24;/h2-9H,1H3,(H,21,22)(H,23,24);/q;+1/p-1. The molecule has 130 valence electrons. The van der Waals surface area contributed by atoms with E-state index in [9.17, 15) is 21.9 Å². The van der Waals surface area contributed by atoms with Crippen molar-refractivity contribution in [3.63, 3.8) is 0 Å². The normalized spacial score (nSPS) is 12.5. The molecule has 0 bridgehead atoms. The maximum absolute atomic E-state index is 13.4. The van der Waals surface area contributed by atoms with Gasteiger partial charge in [-0.05, 0) is 35.7 Å². The topological polar surface area (TPSA) is 68.8 Å². The Bertz CT molecular complexity index is 940. The number of rotatable bonds is 3. The zero-order chi connectivity index (χ0) is 18.2. The Morgan fingerprint density at radius 2 is 1.73 bits per heavy atom. The van der Waals surface area contributed by atoms with Crippen LogP contribution in [0, 0.1) is 6.92 Å². The zero-order valence-corrected chi connectivity index (χ0v) is 16.7. The van der Waals surface area contributed by atoms with Crippen LogP contribution >= 0.6 is 0 Å². The van der Waals surface area contributed by atoms with Crippen LogP contribution < -0.4 is 29.6 Å². The Labute approximate surface area is 172 Å². The maximum Gasteiger partial charge on any atom is 1.00 e. The number of hydrogen-bond donors (Lipinski definition) is 1. The zero-order valence-electron chi connectivity index (χ0n) is 13.9. The molecule has 0 saturated carbocycles. The minimum atomic E-state index is -4.62. The van der Waals surface area contributed by atoms with Gasteiger partial charge in [0.25, 0.3) is 0 Å². The second kappa shape index (κ2) is 8.06. The van der Waals surface area contributed by atoms with E-state index in [0.29, 0.717) is 11.1 Å². The smallest absolute Gasteiger partial charge is 0.768 e. The molecule has 2 aromatic carbocycles. The molecule has 0 aliphatic rings. The average Bonchev–Trinajstić information content (AvgIpc) is 3.00. The first-order valence-corrected chi connectivity index (χ1v) is 8.27. The Balaban J connectivity index is 0.00000243. The average molecular weight is 388 g/mol. The molecule has 0 aliphatic heterocycles. The SMILES string of the molecule is Cc1cccc(-c2c(C(F)(F)F)n[nH]c2-c2ccc(S(=O)[O-])cc2)c1.[Na+]. The fraction of sp³-hybridized carbons (Fsp3) is 0.118. The van der Waals surface area contributed by atoms with Crippen molar-refractivity contribution >= 4 is 11.1 Å². The first-order valence-electron chi connectivity index (χ1n) is 7.19. The van der Waals surface area contributed by atoms with Crippen molar-refractivity contribution < 1.29 is 51.5 Å². The van der Waals surface area contributed by atoms with Crippen molar-refractivity contribution in [1.29, 1.82) is 0 Å². The first kappa shape index (κ1) is 20.9. The number of nitrogens with zero attached hydrogens (tertiary/aromatic N) is 1. The quantitative estimate of drug-likeness (QED) is 0.544. The molecule has 0 radical (unpaired) electrons. The summed E-state index contributed by atoms with van der Waals surface area (Å²) < 4.78 is 62.0. The molecule has 4 nitrogen and oxygen atoms in total. The molecule has 0 aliphatic carbocycles. The van der Waals surface area contributed by atoms with Gasteiger partial charge < -0.3 is 4.55 Å². The fourth-order valence-corrected chi connectivity index (χ4v) is 2.93. The number of alkyl halides is 3. The summed E-state index contributed by atoms with van der Waals surface area (Å²) in [6, 6.07) is 12.2. The van der Waals surface area contributed by atoms with Gasteiger partial charge in [0.2, 0.25) is 0 Å². The van der Waals surface area contributed by atoms with Crippen LogP contribution in [0.3, 0.4) is 0 Å². The number of benzene rings is 2. The van der Waals surface area contributed by atoms with Crippen LogP contribution in [0.1, 0.15) is 11.3 Å². The number of H-pyrrole nitrogens is 1. The van der Waals surface area contributed by atoms with Crippen LogP contribution in [0.5, 0.6) is 0 Å². The summed E-state index contributed by atoms with van der Waals surface area (Å²) in [5.41, 5.74) is 0.717. The molecule has 1 aromatic heterocycles. The molecular weight excluding hydrogens is 376 g/mol. The largest absolute Gasteiger partial charge is 1.00 e. The van der Waals surface area contributed by atoms with Crippen molar-refractivity contribution in [2.24, 2.45) is 0 Å². The van der Waals surface area contributed by atoms with Gasteiger partial charge in [-0.1, -0.05) is 42.0 Å².